The lowest BCUT2D eigenvalue weighted by Gasteiger charge is -2.27. The van der Waals surface area contributed by atoms with Crippen LogP contribution in [0.25, 0.3) is 5.57 Å². The first-order valence-corrected chi connectivity index (χ1v) is 11.0. The standard InChI is InChI=1S/C25H23F2N3O4/c26-21-12-19(30-15-20(34-25(30)31)16-32-23-8-11-33-28-23)13-22(27)24(21)18-6-9-29(10-7-18)14-17-4-2-1-3-5-17/h1-6,8,11-13,20H,7,9-10,14-16H2/t20-/m1/s1. The molecular formula is C25H23F2N3O4. The molecule has 7 nitrogen and oxygen atoms in total. The van der Waals surface area contributed by atoms with Gasteiger partial charge in [-0.1, -0.05) is 36.4 Å². The van der Waals surface area contributed by atoms with Crippen LogP contribution in [0.4, 0.5) is 19.3 Å². The van der Waals surface area contributed by atoms with E-state index in [9.17, 15) is 4.79 Å². The van der Waals surface area contributed by atoms with E-state index >= 15 is 8.78 Å². The quantitative estimate of drug-likeness (QED) is 0.504. The van der Waals surface area contributed by atoms with E-state index in [0.29, 0.717) is 25.1 Å². The molecule has 9 heteroatoms. The van der Waals surface area contributed by atoms with Gasteiger partial charge >= 0.3 is 6.09 Å². The van der Waals surface area contributed by atoms with Gasteiger partial charge in [0.2, 0.25) is 0 Å². The summed E-state index contributed by atoms with van der Waals surface area (Å²) in [4.78, 5) is 15.7. The predicted molar refractivity (Wildman–Crippen MR) is 120 cm³/mol. The van der Waals surface area contributed by atoms with Crippen molar-refractivity contribution in [2.24, 2.45) is 0 Å². The summed E-state index contributed by atoms with van der Waals surface area (Å²) in [7, 11) is 0. The molecule has 0 N–H and O–H groups in total. The molecule has 2 aliphatic rings. The summed E-state index contributed by atoms with van der Waals surface area (Å²) in [6, 6.07) is 14.0. The smallest absolute Gasteiger partial charge is 0.414 e. The molecular weight excluding hydrogens is 444 g/mol. The third kappa shape index (κ3) is 4.79. The van der Waals surface area contributed by atoms with Gasteiger partial charge in [0.1, 0.15) is 24.5 Å². The van der Waals surface area contributed by atoms with Gasteiger partial charge in [-0.05, 0) is 34.8 Å². The first-order chi connectivity index (χ1) is 16.6. The first kappa shape index (κ1) is 22.1. The highest BCUT2D eigenvalue weighted by Gasteiger charge is 2.34. The summed E-state index contributed by atoms with van der Waals surface area (Å²) in [5.74, 6) is -1.14. The highest BCUT2D eigenvalue weighted by molar-refractivity contribution is 5.90. The third-order valence-electron chi connectivity index (χ3n) is 5.91. The molecule has 1 saturated heterocycles. The van der Waals surface area contributed by atoms with Gasteiger partial charge in [0.05, 0.1) is 12.2 Å². The highest BCUT2D eigenvalue weighted by atomic mass is 19.1. The zero-order valence-electron chi connectivity index (χ0n) is 18.3. The molecule has 1 aromatic heterocycles. The van der Waals surface area contributed by atoms with E-state index in [2.05, 4.69) is 26.7 Å². The van der Waals surface area contributed by atoms with Crippen molar-refractivity contribution in [2.75, 3.05) is 31.1 Å². The maximum absolute atomic E-state index is 15.0. The summed E-state index contributed by atoms with van der Waals surface area (Å²) in [5.41, 5.74) is 1.90. The van der Waals surface area contributed by atoms with Gasteiger partial charge in [-0.3, -0.25) is 9.80 Å². The molecule has 0 bridgehead atoms. The lowest BCUT2D eigenvalue weighted by atomic mass is 9.97. The van der Waals surface area contributed by atoms with Gasteiger partial charge in [-0.25, -0.2) is 13.6 Å². The van der Waals surface area contributed by atoms with Crippen LogP contribution in [0.2, 0.25) is 0 Å². The molecule has 3 aromatic rings. The Labute approximate surface area is 195 Å². The van der Waals surface area contributed by atoms with E-state index < -0.39 is 23.8 Å². The number of benzene rings is 2. The Kier molecular flexibility index (Phi) is 6.27. The van der Waals surface area contributed by atoms with Crippen molar-refractivity contribution in [3.8, 4) is 5.88 Å². The van der Waals surface area contributed by atoms with Crippen LogP contribution < -0.4 is 9.64 Å². The summed E-state index contributed by atoms with van der Waals surface area (Å²) < 4.78 is 45.4. The normalized spacial score (nSPS) is 18.6. The zero-order valence-corrected chi connectivity index (χ0v) is 18.3. The molecule has 0 spiro atoms. The van der Waals surface area contributed by atoms with Gasteiger partial charge in [0.25, 0.3) is 5.88 Å². The Morgan fingerprint density at radius 1 is 1.12 bits per heavy atom. The molecule has 3 heterocycles. The van der Waals surface area contributed by atoms with Gasteiger partial charge < -0.3 is 14.0 Å². The minimum Gasteiger partial charge on any atom is -0.471 e. The number of halogens is 2. The SMILES string of the molecule is O=C1O[C@@H](COc2ccon2)CN1c1cc(F)c(C2=CCN(Cc3ccccc3)CC2)c(F)c1. The third-order valence-corrected chi connectivity index (χ3v) is 5.91. The Hall–Kier alpha value is -3.72. The number of hydrogen-bond donors (Lipinski definition) is 0. The van der Waals surface area contributed by atoms with Crippen molar-refractivity contribution in [1.82, 2.24) is 10.1 Å². The fraction of sp³-hybridized carbons (Fsp3) is 0.280. The lowest BCUT2D eigenvalue weighted by Crippen LogP contribution is -2.28. The van der Waals surface area contributed by atoms with Crippen LogP contribution >= 0.6 is 0 Å². The second kappa shape index (κ2) is 9.64. The number of nitrogens with zero attached hydrogens (tertiary/aromatic N) is 3. The summed E-state index contributed by atoms with van der Waals surface area (Å²) in [6.07, 6.45) is 2.47. The van der Waals surface area contributed by atoms with Crippen molar-refractivity contribution in [2.45, 2.75) is 19.1 Å². The van der Waals surface area contributed by atoms with Gasteiger partial charge in [-0.2, -0.15) is 0 Å². The Balaban J connectivity index is 1.25. The van der Waals surface area contributed by atoms with E-state index in [1.807, 2.05) is 24.3 Å². The van der Waals surface area contributed by atoms with Crippen LogP contribution in [-0.4, -0.2) is 48.5 Å². The maximum Gasteiger partial charge on any atom is 0.414 e. The number of ether oxygens (including phenoxy) is 2. The number of cyclic esters (lactones) is 1. The fourth-order valence-corrected chi connectivity index (χ4v) is 4.22. The minimum atomic E-state index is -0.701. The second-order valence-electron chi connectivity index (χ2n) is 8.25. The van der Waals surface area contributed by atoms with Gasteiger partial charge in [-0.15, -0.1) is 0 Å². The van der Waals surface area contributed by atoms with Crippen molar-refractivity contribution < 1.29 is 27.6 Å². The van der Waals surface area contributed by atoms with E-state index in [0.717, 1.165) is 6.54 Å². The minimum absolute atomic E-state index is 0.0402. The van der Waals surface area contributed by atoms with E-state index in [1.54, 1.807) is 0 Å². The number of rotatable bonds is 7. The molecule has 0 aliphatic carbocycles. The molecule has 2 aromatic carbocycles. The van der Waals surface area contributed by atoms with E-state index in [4.69, 9.17) is 9.47 Å². The average molecular weight is 467 g/mol. The Morgan fingerprint density at radius 2 is 1.91 bits per heavy atom. The zero-order chi connectivity index (χ0) is 23.5. The van der Waals surface area contributed by atoms with Crippen LogP contribution in [0.5, 0.6) is 5.88 Å². The summed E-state index contributed by atoms with van der Waals surface area (Å²) in [6.45, 7) is 2.24. The van der Waals surface area contributed by atoms with E-state index in [1.165, 1.54) is 34.9 Å². The predicted octanol–water partition coefficient (Wildman–Crippen LogP) is 4.65. The van der Waals surface area contributed by atoms with Crippen molar-refractivity contribution in [3.05, 3.63) is 83.6 Å². The van der Waals surface area contributed by atoms with Gasteiger partial charge in [0, 0.05) is 31.3 Å². The monoisotopic (exact) mass is 467 g/mol. The molecule has 1 amide bonds. The molecule has 2 aliphatic heterocycles. The molecule has 0 unspecified atom stereocenters. The summed E-state index contributed by atoms with van der Waals surface area (Å²) in [5, 5.41) is 3.62. The highest BCUT2D eigenvalue weighted by Crippen LogP contribution is 2.32. The number of hydrogen-bond acceptors (Lipinski definition) is 6. The molecule has 176 valence electrons. The van der Waals surface area contributed by atoms with Crippen molar-refractivity contribution in [3.63, 3.8) is 0 Å². The fourth-order valence-electron chi connectivity index (χ4n) is 4.22. The number of amides is 1. The maximum atomic E-state index is 15.0. The number of carbonyl (C=O) groups is 1. The van der Waals surface area contributed by atoms with Crippen molar-refractivity contribution >= 4 is 17.4 Å². The largest absolute Gasteiger partial charge is 0.471 e. The molecule has 34 heavy (non-hydrogen) atoms. The van der Waals surface area contributed by atoms with Crippen LogP contribution in [0.1, 0.15) is 17.5 Å². The summed E-state index contributed by atoms with van der Waals surface area (Å²) >= 11 is 0. The van der Waals surface area contributed by atoms with Crippen molar-refractivity contribution in [1.29, 1.82) is 0 Å². The van der Waals surface area contributed by atoms with Crippen LogP contribution in [0, 0.1) is 11.6 Å². The molecule has 1 fully saturated rings. The Morgan fingerprint density at radius 3 is 2.59 bits per heavy atom. The molecule has 5 rings (SSSR count). The van der Waals surface area contributed by atoms with Gasteiger partial charge in [0.15, 0.2) is 6.10 Å². The average Bonchev–Trinajstić information content (AvgIpc) is 3.48. The molecule has 0 saturated carbocycles. The number of carbonyl (C=O) groups excluding carboxylic acids is 1. The van der Waals surface area contributed by atoms with Crippen LogP contribution in [0.3, 0.4) is 0 Å². The second-order valence-corrected chi connectivity index (χ2v) is 8.25. The first-order valence-electron chi connectivity index (χ1n) is 11.0. The van der Waals surface area contributed by atoms with E-state index in [-0.39, 0.29) is 30.3 Å². The van der Waals surface area contributed by atoms with Crippen LogP contribution in [-0.2, 0) is 11.3 Å². The number of aromatic nitrogens is 1. The molecule has 0 radical (unpaired) electrons. The topological polar surface area (TPSA) is 68.0 Å². The lowest BCUT2D eigenvalue weighted by molar-refractivity contribution is 0.102. The number of anilines is 1. The Bertz CT molecular complexity index is 1160. The van der Waals surface area contributed by atoms with Crippen LogP contribution in [0.15, 0.2) is 65.4 Å². The molecule has 1 atom stereocenters.